The number of fused-ring (bicyclic) bond motifs is 1. The summed E-state index contributed by atoms with van der Waals surface area (Å²) in [5.41, 5.74) is 0. The zero-order chi connectivity index (χ0) is 6.48. The van der Waals surface area contributed by atoms with Gasteiger partial charge in [-0.15, -0.1) is 0 Å². The molecule has 0 spiro atoms. The zero-order valence-corrected chi connectivity index (χ0v) is 5.82. The molecule has 2 aliphatic heterocycles. The molecule has 0 aliphatic carbocycles. The number of hydrogen-bond acceptors (Lipinski definition) is 3. The molecule has 0 aromatic heterocycles. The standard InChI is InChI=1S/C5H9NO2S/c7-9(8)3-4-1-6-2-5(4)9/h4-6H,1-3H2/t4-,5-/m1/s1. The molecule has 4 heteroatoms. The number of rotatable bonds is 0. The Morgan fingerprint density at radius 2 is 2.11 bits per heavy atom. The Morgan fingerprint density at radius 1 is 1.33 bits per heavy atom. The smallest absolute Gasteiger partial charge is 0.155 e. The van der Waals surface area contributed by atoms with Gasteiger partial charge in [-0.2, -0.15) is 0 Å². The minimum absolute atomic E-state index is 0.0301. The van der Waals surface area contributed by atoms with E-state index in [2.05, 4.69) is 5.32 Å². The molecule has 52 valence electrons. The van der Waals surface area contributed by atoms with Crippen LogP contribution in [0.1, 0.15) is 0 Å². The normalized spacial score (nSPS) is 45.8. The molecule has 0 aromatic carbocycles. The van der Waals surface area contributed by atoms with Crippen LogP contribution in [0.5, 0.6) is 0 Å². The Balaban J connectivity index is 2.27. The summed E-state index contributed by atoms with van der Waals surface area (Å²) < 4.78 is 21.7. The third kappa shape index (κ3) is 0.632. The largest absolute Gasteiger partial charge is 0.315 e. The van der Waals surface area contributed by atoms with Gasteiger partial charge in [-0.05, 0) is 0 Å². The molecule has 2 fully saturated rings. The van der Waals surface area contributed by atoms with Crippen LogP contribution < -0.4 is 5.32 Å². The van der Waals surface area contributed by atoms with E-state index in [0.29, 0.717) is 18.2 Å². The quantitative estimate of drug-likeness (QED) is 0.478. The van der Waals surface area contributed by atoms with Crippen LogP contribution in [0.25, 0.3) is 0 Å². The van der Waals surface area contributed by atoms with Gasteiger partial charge in [-0.3, -0.25) is 0 Å². The first-order chi connectivity index (χ1) is 4.20. The monoisotopic (exact) mass is 147 g/mol. The van der Waals surface area contributed by atoms with Gasteiger partial charge in [0, 0.05) is 19.0 Å². The van der Waals surface area contributed by atoms with Crippen LogP contribution in [0.15, 0.2) is 0 Å². The highest BCUT2D eigenvalue weighted by atomic mass is 32.2. The molecule has 2 aliphatic rings. The summed E-state index contributed by atoms with van der Waals surface area (Å²) in [6.45, 7) is 1.59. The average Bonchev–Trinajstić information content (AvgIpc) is 2.10. The summed E-state index contributed by atoms with van der Waals surface area (Å²) in [5.74, 6) is 0.861. The summed E-state index contributed by atoms with van der Waals surface area (Å²) in [6.07, 6.45) is 0. The van der Waals surface area contributed by atoms with Crippen LogP contribution in [0.3, 0.4) is 0 Å². The molecule has 0 unspecified atom stereocenters. The second-order valence-electron chi connectivity index (χ2n) is 2.79. The minimum Gasteiger partial charge on any atom is -0.315 e. The Labute approximate surface area is 54.4 Å². The predicted octanol–water partition coefficient (Wildman–Crippen LogP) is -0.997. The van der Waals surface area contributed by atoms with E-state index < -0.39 is 9.84 Å². The fourth-order valence-corrected chi connectivity index (χ4v) is 3.58. The van der Waals surface area contributed by atoms with Crippen molar-refractivity contribution < 1.29 is 8.42 Å². The average molecular weight is 147 g/mol. The van der Waals surface area contributed by atoms with E-state index in [1.807, 2.05) is 0 Å². The first-order valence-electron chi connectivity index (χ1n) is 3.12. The topological polar surface area (TPSA) is 46.2 Å². The molecule has 0 amide bonds. The van der Waals surface area contributed by atoms with E-state index in [-0.39, 0.29) is 5.25 Å². The number of nitrogens with one attached hydrogen (secondary N) is 1. The molecule has 1 N–H and O–H groups in total. The summed E-state index contributed by atoms with van der Waals surface area (Å²) in [6, 6.07) is 0. The maximum absolute atomic E-state index is 10.9. The zero-order valence-electron chi connectivity index (χ0n) is 5.00. The van der Waals surface area contributed by atoms with Crippen molar-refractivity contribution >= 4 is 9.84 Å². The van der Waals surface area contributed by atoms with Gasteiger partial charge >= 0.3 is 0 Å². The molecule has 0 aromatic rings. The molecular formula is C5H9NO2S. The lowest BCUT2D eigenvalue weighted by atomic mass is 10.1. The van der Waals surface area contributed by atoms with E-state index in [4.69, 9.17) is 0 Å². The second kappa shape index (κ2) is 1.49. The lowest BCUT2D eigenvalue weighted by Gasteiger charge is -2.28. The van der Waals surface area contributed by atoms with Crippen molar-refractivity contribution in [3.05, 3.63) is 0 Å². The lowest BCUT2D eigenvalue weighted by Crippen LogP contribution is -2.45. The van der Waals surface area contributed by atoms with Gasteiger partial charge < -0.3 is 5.32 Å². The van der Waals surface area contributed by atoms with Crippen LogP contribution in [-0.4, -0.2) is 32.5 Å². The molecule has 3 nitrogen and oxygen atoms in total. The van der Waals surface area contributed by atoms with Crippen molar-refractivity contribution in [1.29, 1.82) is 0 Å². The van der Waals surface area contributed by atoms with E-state index in [1.54, 1.807) is 0 Å². The summed E-state index contributed by atoms with van der Waals surface area (Å²) in [5, 5.41) is 3.03. The maximum Gasteiger partial charge on any atom is 0.155 e. The second-order valence-corrected chi connectivity index (χ2v) is 5.05. The Hall–Kier alpha value is -0.0900. The van der Waals surface area contributed by atoms with Crippen LogP contribution in [0.4, 0.5) is 0 Å². The molecule has 2 rings (SSSR count). The Morgan fingerprint density at radius 3 is 2.56 bits per heavy atom. The van der Waals surface area contributed by atoms with E-state index in [9.17, 15) is 8.42 Å². The van der Waals surface area contributed by atoms with Crippen LogP contribution in [0, 0.1) is 5.92 Å². The molecule has 0 bridgehead atoms. The van der Waals surface area contributed by atoms with Crippen LogP contribution in [-0.2, 0) is 9.84 Å². The van der Waals surface area contributed by atoms with Crippen LogP contribution >= 0.6 is 0 Å². The Bertz CT molecular complexity index is 221. The first-order valence-corrected chi connectivity index (χ1v) is 4.84. The molecule has 2 saturated heterocycles. The van der Waals surface area contributed by atoms with Crippen molar-refractivity contribution in [2.45, 2.75) is 5.25 Å². The first kappa shape index (κ1) is 5.68. The summed E-state index contributed by atoms with van der Waals surface area (Å²) in [4.78, 5) is 0. The lowest BCUT2D eigenvalue weighted by molar-refractivity contribution is 0.507. The van der Waals surface area contributed by atoms with Gasteiger partial charge in [0.05, 0.1) is 11.0 Å². The highest BCUT2D eigenvalue weighted by Crippen LogP contribution is 2.30. The predicted molar refractivity (Wildman–Crippen MR) is 33.9 cm³/mol. The third-order valence-electron chi connectivity index (χ3n) is 2.19. The molecular weight excluding hydrogens is 138 g/mol. The van der Waals surface area contributed by atoms with E-state index in [0.717, 1.165) is 6.54 Å². The van der Waals surface area contributed by atoms with E-state index >= 15 is 0 Å². The van der Waals surface area contributed by atoms with Gasteiger partial charge in [-0.25, -0.2) is 8.42 Å². The molecule has 0 saturated carbocycles. The fraction of sp³-hybridized carbons (Fsp3) is 1.00. The maximum atomic E-state index is 10.9. The SMILES string of the molecule is O=S1(=O)C[C@H]2CNC[C@H]21. The molecule has 0 radical (unpaired) electrons. The third-order valence-corrected chi connectivity index (χ3v) is 4.55. The van der Waals surface area contributed by atoms with E-state index in [1.165, 1.54) is 0 Å². The number of sulfone groups is 1. The summed E-state index contributed by atoms with van der Waals surface area (Å²) in [7, 11) is -2.62. The summed E-state index contributed by atoms with van der Waals surface area (Å²) >= 11 is 0. The molecule has 9 heavy (non-hydrogen) atoms. The van der Waals surface area contributed by atoms with Gasteiger partial charge in [-0.1, -0.05) is 0 Å². The van der Waals surface area contributed by atoms with Gasteiger partial charge in [0.1, 0.15) is 0 Å². The number of hydrogen-bond donors (Lipinski definition) is 1. The highest BCUT2D eigenvalue weighted by Gasteiger charge is 2.48. The minimum atomic E-state index is -2.62. The van der Waals surface area contributed by atoms with Crippen molar-refractivity contribution in [3.63, 3.8) is 0 Å². The molecule has 2 heterocycles. The Kier molecular flexibility index (Phi) is 0.941. The van der Waals surface area contributed by atoms with Gasteiger partial charge in [0.15, 0.2) is 9.84 Å². The van der Waals surface area contributed by atoms with Crippen molar-refractivity contribution in [1.82, 2.24) is 5.32 Å². The van der Waals surface area contributed by atoms with Gasteiger partial charge in [0.2, 0.25) is 0 Å². The van der Waals surface area contributed by atoms with Gasteiger partial charge in [0.25, 0.3) is 0 Å². The van der Waals surface area contributed by atoms with Crippen molar-refractivity contribution in [2.24, 2.45) is 5.92 Å². The van der Waals surface area contributed by atoms with Crippen molar-refractivity contribution in [3.8, 4) is 0 Å². The molecule has 2 atom stereocenters. The fourth-order valence-electron chi connectivity index (χ4n) is 1.60. The highest BCUT2D eigenvalue weighted by molar-refractivity contribution is 7.93. The van der Waals surface area contributed by atoms with Crippen molar-refractivity contribution in [2.75, 3.05) is 18.8 Å². The van der Waals surface area contributed by atoms with Crippen LogP contribution in [0.2, 0.25) is 0 Å².